The molecule has 3 fully saturated rings. The van der Waals surface area contributed by atoms with Crippen molar-refractivity contribution in [3.63, 3.8) is 0 Å². The number of anilines is 2. The molecule has 3 aliphatic heterocycles. The average molecular weight is 378 g/mol. The van der Waals surface area contributed by atoms with E-state index in [1.54, 1.807) is 0 Å². The smallest absolute Gasteiger partial charge is 0.318 e. The highest BCUT2D eigenvalue weighted by Crippen LogP contribution is 2.40. The third-order valence-electron chi connectivity index (χ3n) is 6.05. The topological polar surface area (TPSA) is 100 Å². The number of hydrogen-bond donors (Lipinski definition) is 2. The van der Waals surface area contributed by atoms with E-state index >= 15 is 0 Å². The standard InChI is InChI=1S/C21H26N6O/c1-13-19(23)20(26-21(25-13)28-2)24-11-14-3-4-17(16(9-14)10-22)18-12-27-7-5-15(18)6-8-27/h3-4,9,15,18H,5-8,11-12,23H2,1-2H3,(H,24,25,26). The molecule has 1 atom stereocenters. The highest BCUT2D eigenvalue weighted by molar-refractivity contribution is 5.64. The van der Waals surface area contributed by atoms with E-state index in [1.165, 1.54) is 38.6 Å². The number of nitrogens with zero attached hydrogens (tertiary/aromatic N) is 4. The Hall–Kier alpha value is -2.85. The summed E-state index contributed by atoms with van der Waals surface area (Å²) in [5, 5.41) is 13.0. The Kier molecular flexibility index (Phi) is 5.05. The van der Waals surface area contributed by atoms with Crippen LogP contribution >= 0.6 is 0 Å². The predicted octanol–water partition coefficient (Wildman–Crippen LogP) is 2.67. The first-order valence-corrected chi connectivity index (χ1v) is 9.76. The summed E-state index contributed by atoms with van der Waals surface area (Å²) in [4.78, 5) is 11.0. The average Bonchev–Trinajstić information content (AvgIpc) is 2.75. The van der Waals surface area contributed by atoms with Gasteiger partial charge in [0.05, 0.1) is 30.1 Å². The van der Waals surface area contributed by atoms with Crippen molar-refractivity contribution in [2.75, 3.05) is 37.8 Å². The van der Waals surface area contributed by atoms with Crippen molar-refractivity contribution < 1.29 is 4.74 Å². The number of fused-ring (bicyclic) bond motifs is 3. The van der Waals surface area contributed by atoms with Gasteiger partial charge in [0, 0.05) is 19.0 Å². The number of nitrogens with one attached hydrogen (secondary N) is 1. The summed E-state index contributed by atoms with van der Waals surface area (Å²) >= 11 is 0. The van der Waals surface area contributed by atoms with E-state index in [0.29, 0.717) is 35.6 Å². The maximum absolute atomic E-state index is 9.74. The molecule has 1 aromatic heterocycles. The van der Waals surface area contributed by atoms with Crippen molar-refractivity contribution in [1.29, 1.82) is 5.26 Å². The van der Waals surface area contributed by atoms with Crippen LogP contribution in [0.4, 0.5) is 11.5 Å². The number of ether oxygens (including phenoxy) is 1. The summed E-state index contributed by atoms with van der Waals surface area (Å²) in [6, 6.07) is 8.92. The molecular formula is C21H26N6O. The fraction of sp³-hybridized carbons (Fsp3) is 0.476. The van der Waals surface area contributed by atoms with Crippen LogP contribution in [0.3, 0.4) is 0 Å². The minimum absolute atomic E-state index is 0.282. The maximum atomic E-state index is 9.74. The van der Waals surface area contributed by atoms with Gasteiger partial charge in [-0.3, -0.25) is 0 Å². The predicted molar refractivity (Wildman–Crippen MR) is 108 cm³/mol. The number of hydrogen-bond acceptors (Lipinski definition) is 7. The second kappa shape index (κ2) is 7.64. The number of aromatic nitrogens is 2. The lowest BCUT2D eigenvalue weighted by atomic mass is 9.74. The van der Waals surface area contributed by atoms with Crippen LogP contribution in [0.5, 0.6) is 6.01 Å². The molecule has 0 radical (unpaired) electrons. The highest BCUT2D eigenvalue weighted by Gasteiger charge is 2.35. The van der Waals surface area contributed by atoms with E-state index in [-0.39, 0.29) is 6.01 Å². The number of methoxy groups -OCH3 is 1. The Balaban J connectivity index is 1.53. The Morgan fingerprint density at radius 2 is 2.11 bits per heavy atom. The van der Waals surface area contributed by atoms with Crippen molar-refractivity contribution in [3.05, 3.63) is 40.6 Å². The lowest BCUT2D eigenvalue weighted by Gasteiger charge is -2.45. The molecule has 2 bridgehead atoms. The SMILES string of the molecule is COc1nc(C)c(N)c(NCc2ccc(C3CN4CCC3CC4)c(C#N)c2)n1. The molecule has 28 heavy (non-hydrogen) atoms. The molecule has 1 unspecified atom stereocenters. The number of nitriles is 1. The molecule has 3 saturated heterocycles. The quantitative estimate of drug-likeness (QED) is 0.825. The summed E-state index contributed by atoms with van der Waals surface area (Å²) in [5.41, 5.74) is 10.3. The number of piperidine rings is 3. The molecule has 3 aliphatic rings. The lowest BCUT2D eigenvalue weighted by molar-refractivity contribution is 0.0870. The van der Waals surface area contributed by atoms with E-state index in [4.69, 9.17) is 10.5 Å². The molecule has 1 aromatic carbocycles. The zero-order chi connectivity index (χ0) is 19.7. The summed E-state index contributed by atoms with van der Waals surface area (Å²) in [6.45, 7) is 5.83. The normalized spacial score (nSPS) is 23.2. The van der Waals surface area contributed by atoms with Crippen LogP contribution in [0.2, 0.25) is 0 Å². The van der Waals surface area contributed by atoms with Crippen LogP contribution < -0.4 is 15.8 Å². The number of aryl methyl sites for hydroxylation is 1. The van der Waals surface area contributed by atoms with E-state index in [0.717, 1.165) is 17.7 Å². The molecule has 0 aliphatic carbocycles. The Bertz CT molecular complexity index is 914. The van der Waals surface area contributed by atoms with Crippen molar-refractivity contribution in [2.24, 2.45) is 5.92 Å². The zero-order valence-corrected chi connectivity index (χ0v) is 16.4. The fourth-order valence-corrected chi connectivity index (χ4v) is 4.42. The first-order valence-electron chi connectivity index (χ1n) is 9.76. The molecule has 2 aromatic rings. The largest absolute Gasteiger partial charge is 0.467 e. The second-order valence-electron chi connectivity index (χ2n) is 7.69. The molecule has 3 N–H and O–H groups in total. The van der Waals surface area contributed by atoms with Crippen LogP contribution in [0.25, 0.3) is 0 Å². The van der Waals surface area contributed by atoms with Gasteiger partial charge in [-0.05, 0) is 56.0 Å². The first-order chi connectivity index (χ1) is 13.6. The maximum Gasteiger partial charge on any atom is 0.318 e. The minimum Gasteiger partial charge on any atom is -0.467 e. The summed E-state index contributed by atoms with van der Waals surface area (Å²) in [5.74, 6) is 1.73. The summed E-state index contributed by atoms with van der Waals surface area (Å²) in [7, 11) is 1.53. The van der Waals surface area contributed by atoms with Gasteiger partial charge < -0.3 is 20.7 Å². The molecule has 0 amide bonds. The molecular weight excluding hydrogens is 352 g/mol. The van der Waals surface area contributed by atoms with Crippen molar-refractivity contribution in [2.45, 2.75) is 32.2 Å². The zero-order valence-electron chi connectivity index (χ0n) is 16.4. The van der Waals surface area contributed by atoms with Gasteiger partial charge in [0.25, 0.3) is 0 Å². The van der Waals surface area contributed by atoms with E-state index in [1.807, 2.05) is 13.0 Å². The second-order valence-corrected chi connectivity index (χ2v) is 7.69. The number of nitrogens with two attached hydrogens (primary N) is 1. The summed E-state index contributed by atoms with van der Waals surface area (Å²) < 4.78 is 5.12. The Morgan fingerprint density at radius 3 is 2.75 bits per heavy atom. The molecule has 0 saturated carbocycles. The van der Waals surface area contributed by atoms with Gasteiger partial charge in [-0.25, -0.2) is 0 Å². The number of rotatable bonds is 5. The van der Waals surface area contributed by atoms with Crippen molar-refractivity contribution >= 4 is 11.5 Å². The van der Waals surface area contributed by atoms with Crippen LogP contribution in [0.1, 0.15) is 41.1 Å². The number of nitrogen functional groups attached to an aromatic ring is 1. The highest BCUT2D eigenvalue weighted by atomic mass is 16.5. The van der Waals surface area contributed by atoms with E-state index < -0.39 is 0 Å². The Labute approximate surface area is 165 Å². The van der Waals surface area contributed by atoms with Gasteiger partial charge in [-0.2, -0.15) is 15.2 Å². The van der Waals surface area contributed by atoms with E-state index in [2.05, 4.69) is 38.4 Å². The van der Waals surface area contributed by atoms with Crippen LogP contribution in [0.15, 0.2) is 18.2 Å². The molecule has 7 heteroatoms. The third-order valence-corrected chi connectivity index (χ3v) is 6.05. The summed E-state index contributed by atoms with van der Waals surface area (Å²) in [6.07, 6.45) is 2.49. The molecule has 0 spiro atoms. The van der Waals surface area contributed by atoms with Crippen molar-refractivity contribution in [3.8, 4) is 12.1 Å². The van der Waals surface area contributed by atoms with Gasteiger partial charge in [0.2, 0.25) is 0 Å². The van der Waals surface area contributed by atoms with Gasteiger partial charge in [-0.15, -0.1) is 0 Å². The minimum atomic E-state index is 0.282. The fourth-order valence-electron chi connectivity index (χ4n) is 4.42. The van der Waals surface area contributed by atoms with E-state index in [9.17, 15) is 5.26 Å². The molecule has 4 heterocycles. The van der Waals surface area contributed by atoms with Crippen LogP contribution in [-0.4, -0.2) is 41.6 Å². The first kappa shape index (κ1) is 18.5. The van der Waals surface area contributed by atoms with Gasteiger partial charge in [0.1, 0.15) is 0 Å². The van der Waals surface area contributed by atoms with Gasteiger partial charge in [-0.1, -0.05) is 12.1 Å². The third kappa shape index (κ3) is 3.48. The van der Waals surface area contributed by atoms with Gasteiger partial charge >= 0.3 is 6.01 Å². The monoisotopic (exact) mass is 378 g/mol. The molecule has 146 valence electrons. The number of benzene rings is 1. The van der Waals surface area contributed by atoms with Gasteiger partial charge in [0.15, 0.2) is 5.82 Å². The van der Waals surface area contributed by atoms with Crippen LogP contribution in [-0.2, 0) is 6.54 Å². The molecule has 5 rings (SSSR count). The molecule has 7 nitrogen and oxygen atoms in total. The van der Waals surface area contributed by atoms with Crippen LogP contribution in [0, 0.1) is 24.2 Å². The lowest BCUT2D eigenvalue weighted by Crippen LogP contribution is -2.46. The Morgan fingerprint density at radius 1 is 1.32 bits per heavy atom. The van der Waals surface area contributed by atoms with Crippen molar-refractivity contribution in [1.82, 2.24) is 14.9 Å².